The lowest BCUT2D eigenvalue weighted by Gasteiger charge is -2.24. The van der Waals surface area contributed by atoms with Gasteiger partial charge in [0.2, 0.25) is 0 Å². The van der Waals surface area contributed by atoms with Crippen LogP contribution in [0.1, 0.15) is 0 Å². The Hall–Kier alpha value is -5.21. The topological polar surface area (TPSA) is 16.1 Å². The van der Waals surface area contributed by atoms with E-state index < -0.39 is 0 Å². The third-order valence-electron chi connectivity index (χ3n) is 7.84. The number of hydrogen-bond acceptors (Lipinski definition) is 2. The second kappa shape index (κ2) is 8.68. The van der Waals surface area contributed by atoms with Gasteiger partial charge in [0.1, 0.15) is 5.82 Å². The van der Waals surface area contributed by atoms with E-state index in [2.05, 4.69) is 125 Å². The summed E-state index contributed by atoms with van der Waals surface area (Å²) in [5.41, 5.74) is 9.93. The van der Waals surface area contributed by atoms with Gasteiger partial charge < -0.3 is 0 Å². The van der Waals surface area contributed by atoms with Crippen LogP contribution in [-0.4, -0.2) is 4.98 Å². The fourth-order valence-corrected chi connectivity index (χ4v) is 6.06. The number of aromatic nitrogens is 1. The summed E-state index contributed by atoms with van der Waals surface area (Å²) in [5.74, 6) is 0.895. The molecular weight excluding hydrogens is 472 g/mol. The van der Waals surface area contributed by atoms with Gasteiger partial charge in [0.05, 0.1) is 0 Å². The molecule has 1 aromatic heterocycles. The molecule has 0 atom stereocenters. The van der Waals surface area contributed by atoms with Crippen molar-refractivity contribution in [2.75, 3.05) is 4.90 Å². The van der Waals surface area contributed by atoms with Gasteiger partial charge in [0, 0.05) is 17.6 Å². The third-order valence-corrected chi connectivity index (χ3v) is 7.84. The number of nitrogens with zero attached hydrogens (tertiary/aromatic N) is 2. The third kappa shape index (κ3) is 3.46. The number of fused-ring (bicyclic) bond motifs is 4. The molecule has 8 rings (SSSR count). The number of hydrogen-bond donors (Lipinski definition) is 0. The molecule has 182 valence electrons. The quantitative estimate of drug-likeness (QED) is 0.241. The van der Waals surface area contributed by atoms with Gasteiger partial charge in [0.25, 0.3) is 0 Å². The minimum Gasteiger partial charge on any atom is -0.295 e. The molecule has 7 aromatic rings. The molecular formula is C37H24N2. The zero-order valence-corrected chi connectivity index (χ0v) is 21.3. The number of para-hydroxylation sites is 1. The number of pyridine rings is 1. The summed E-state index contributed by atoms with van der Waals surface area (Å²) in [6.45, 7) is 0. The minimum absolute atomic E-state index is 0.895. The normalized spacial score (nSPS) is 11.6. The molecule has 1 aliphatic carbocycles. The van der Waals surface area contributed by atoms with Crippen LogP contribution >= 0.6 is 0 Å². The first-order valence-corrected chi connectivity index (χ1v) is 13.3. The van der Waals surface area contributed by atoms with E-state index in [1.165, 1.54) is 54.9 Å². The molecule has 0 saturated carbocycles. The van der Waals surface area contributed by atoms with E-state index in [0.29, 0.717) is 0 Å². The molecule has 0 spiro atoms. The summed E-state index contributed by atoms with van der Waals surface area (Å²) in [6, 6.07) is 49.9. The number of rotatable bonds is 4. The summed E-state index contributed by atoms with van der Waals surface area (Å²) < 4.78 is 0. The average molecular weight is 497 g/mol. The molecule has 0 aliphatic heterocycles. The van der Waals surface area contributed by atoms with Crippen LogP contribution in [0.5, 0.6) is 0 Å². The molecule has 2 nitrogen and oxygen atoms in total. The van der Waals surface area contributed by atoms with Crippen LogP contribution in [0.25, 0.3) is 54.9 Å². The summed E-state index contributed by atoms with van der Waals surface area (Å²) >= 11 is 0. The van der Waals surface area contributed by atoms with Crippen molar-refractivity contribution in [3.63, 3.8) is 0 Å². The number of anilines is 3. The van der Waals surface area contributed by atoms with Crippen molar-refractivity contribution in [3.05, 3.63) is 146 Å². The Morgan fingerprint density at radius 3 is 1.79 bits per heavy atom. The lowest BCUT2D eigenvalue weighted by atomic mass is 9.94. The Labute approximate surface area is 227 Å². The largest absolute Gasteiger partial charge is 0.295 e. The molecule has 0 amide bonds. The molecule has 6 aromatic carbocycles. The molecule has 39 heavy (non-hydrogen) atoms. The minimum atomic E-state index is 0.895. The molecule has 0 unspecified atom stereocenters. The monoisotopic (exact) mass is 496 g/mol. The van der Waals surface area contributed by atoms with Crippen LogP contribution in [0.2, 0.25) is 0 Å². The zero-order valence-electron chi connectivity index (χ0n) is 21.3. The van der Waals surface area contributed by atoms with Crippen molar-refractivity contribution in [2.45, 2.75) is 0 Å². The smallest absolute Gasteiger partial charge is 0.137 e. The molecule has 0 radical (unpaired) electrons. The van der Waals surface area contributed by atoms with Crippen LogP contribution in [0, 0.1) is 0 Å². The Bertz CT molecular complexity index is 1900. The maximum absolute atomic E-state index is 4.65. The van der Waals surface area contributed by atoms with Gasteiger partial charge in [-0.2, -0.15) is 0 Å². The summed E-state index contributed by atoms with van der Waals surface area (Å²) in [4.78, 5) is 6.84. The highest BCUT2D eigenvalue weighted by atomic mass is 15.2. The maximum atomic E-state index is 4.65. The van der Waals surface area contributed by atoms with Gasteiger partial charge >= 0.3 is 0 Å². The average Bonchev–Trinajstić information content (AvgIpc) is 3.32. The first-order valence-electron chi connectivity index (χ1n) is 13.3. The molecule has 0 bridgehead atoms. The number of benzene rings is 6. The van der Waals surface area contributed by atoms with E-state index >= 15 is 0 Å². The molecule has 2 heteroatoms. The van der Waals surface area contributed by atoms with Crippen molar-refractivity contribution < 1.29 is 0 Å². The van der Waals surface area contributed by atoms with E-state index in [-0.39, 0.29) is 0 Å². The molecule has 0 N–H and O–H groups in total. The predicted molar refractivity (Wildman–Crippen MR) is 164 cm³/mol. The second-order valence-corrected chi connectivity index (χ2v) is 10.0. The Balaban J connectivity index is 1.25. The van der Waals surface area contributed by atoms with Crippen LogP contribution < -0.4 is 4.90 Å². The van der Waals surface area contributed by atoms with Crippen LogP contribution in [0.15, 0.2) is 146 Å². The van der Waals surface area contributed by atoms with Gasteiger partial charge in [-0.05, 0) is 103 Å². The molecule has 1 heterocycles. The standard InChI is InChI=1S/C37H24N2/c1-2-11-28(12-3-1)39(36-15-6-7-22-38-36)29-18-16-25(17-19-29)30-20-21-33-35-24-27-10-5-4-9-26(27)23-34(35)32-14-8-13-31(30)37(32)33/h1-24H. The lowest BCUT2D eigenvalue weighted by Crippen LogP contribution is -2.11. The van der Waals surface area contributed by atoms with Gasteiger partial charge in [-0.3, -0.25) is 4.90 Å². The van der Waals surface area contributed by atoms with E-state index in [9.17, 15) is 0 Å². The Morgan fingerprint density at radius 1 is 0.436 bits per heavy atom. The predicted octanol–water partition coefficient (Wildman–Crippen LogP) is 10.2. The SMILES string of the molecule is c1ccc(N(c2ccc(-c3ccc4c5c(cccc35)-c3cc5ccccc5cc3-4)cc2)c2ccccn2)cc1. The molecule has 1 aliphatic rings. The first kappa shape index (κ1) is 21.8. The van der Waals surface area contributed by atoms with Crippen LogP contribution in [0.4, 0.5) is 17.2 Å². The summed E-state index contributed by atoms with van der Waals surface area (Å²) in [5, 5.41) is 5.21. The van der Waals surface area contributed by atoms with E-state index in [4.69, 9.17) is 0 Å². The van der Waals surface area contributed by atoms with Crippen LogP contribution in [-0.2, 0) is 0 Å². The fourth-order valence-electron chi connectivity index (χ4n) is 6.06. The fraction of sp³-hybridized carbons (Fsp3) is 0. The highest BCUT2D eigenvalue weighted by molar-refractivity contribution is 6.20. The molecule has 0 saturated heterocycles. The van der Waals surface area contributed by atoms with E-state index in [1.54, 1.807) is 0 Å². The van der Waals surface area contributed by atoms with E-state index in [0.717, 1.165) is 17.2 Å². The summed E-state index contributed by atoms with van der Waals surface area (Å²) in [7, 11) is 0. The maximum Gasteiger partial charge on any atom is 0.137 e. The van der Waals surface area contributed by atoms with Gasteiger partial charge in [-0.1, -0.05) is 91.0 Å². The zero-order chi connectivity index (χ0) is 25.8. The Kier molecular flexibility index (Phi) is 4.86. The van der Waals surface area contributed by atoms with Gasteiger partial charge in [0.15, 0.2) is 0 Å². The highest BCUT2D eigenvalue weighted by Gasteiger charge is 2.23. The van der Waals surface area contributed by atoms with E-state index in [1.807, 2.05) is 30.5 Å². The van der Waals surface area contributed by atoms with Gasteiger partial charge in [-0.25, -0.2) is 4.98 Å². The van der Waals surface area contributed by atoms with Crippen molar-refractivity contribution in [1.29, 1.82) is 0 Å². The van der Waals surface area contributed by atoms with Crippen molar-refractivity contribution >= 4 is 38.7 Å². The van der Waals surface area contributed by atoms with Crippen LogP contribution in [0.3, 0.4) is 0 Å². The summed E-state index contributed by atoms with van der Waals surface area (Å²) in [6.07, 6.45) is 1.84. The lowest BCUT2D eigenvalue weighted by molar-refractivity contribution is 1.18. The first-order chi connectivity index (χ1) is 19.3. The van der Waals surface area contributed by atoms with Crippen molar-refractivity contribution in [2.24, 2.45) is 0 Å². The highest BCUT2D eigenvalue weighted by Crippen LogP contribution is 2.50. The molecule has 0 fully saturated rings. The Morgan fingerprint density at radius 2 is 1.08 bits per heavy atom. The second-order valence-electron chi connectivity index (χ2n) is 10.0. The van der Waals surface area contributed by atoms with Gasteiger partial charge in [-0.15, -0.1) is 0 Å². The van der Waals surface area contributed by atoms with Crippen molar-refractivity contribution in [1.82, 2.24) is 4.98 Å². The van der Waals surface area contributed by atoms with Crippen molar-refractivity contribution in [3.8, 4) is 33.4 Å².